The first kappa shape index (κ1) is 12.9. The van der Waals surface area contributed by atoms with Gasteiger partial charge in [0, 0.05) is 5.75 Å². The van der Waals surface area contributed by atoms with E-state index in [1.54, 1.807) is 6.92 Å². The van der Waals surface area contributed by atoms with Crippen LogP contribution in [-0.2, 0) is 9.53 Å². The first-order valence-corrected chi connectivity index (χ1v) is 6.46. The van der Waals surface area contributed by atoms with Gasteiger partial charge >= 0.3 is 5.97 Å². The molecule has 18 heavy (non-hydrogen) atoms. The summed E-state index contributed by atoms with van der Waals surface area (Å²) < 4.78 is 4.65. The van der Waals surface area contributed by atoms with Crippen LogP contribution in [0.25, 0.3) is 11.0 Å². The molecule has 0 bridgehead atoms. The van der Waals surface area contributed by atoms with Crippen LogP contribution in [-0.4, -0.2) is 34.3 Å². The number of esters is 1. The van der Waals surface area contributed by atoms with Crippen LogP contribution >= 0.6 is 11.8 Å². The van der Waals surface area contributed by atoms with Crippen molar-refractivity contribution in [1.29, 1.82) is 0 Å². The van der Waals surface area contributed by atoms with Crippen molar-refractivity contribution in [3.63, 3.8) is 0 Å². The molecule has 0 aliphatic rings. The number of imidazole rings is 1. The monoisotopic (exact) mass is 265 g/mol. The van der Waals surface area contributed by atoms with E-state index in [0.717, 1.165) is 16.2 Å². The molecule has 0 saturated carbocycles. The Hall–Kier alpha value is -1.53. The van der Waals surface area contributed by atoms with Crippen LogP contribution in [0.4, 0.5) is 0 Å². The van der Waals surface area contributed by atoms with Gasteiger partial charge in [0.05, 0.1) is 18.1 Å². The molecule has 0 aliphatic heterocycles. The van der Waals surface area contributed by atoms with Gasteiger partial charge in [-0.3, -0.25) is 4.79 Å². The fraction of sp³-hybridized carbons (Fsp3) is 0.333. The van der Waals surface area contributed by atoms with Crippen molar-refractivity contribution in [3.8, 4) is 0 Å². The molecular weight excluding hydrogens is 250 g/mol. The number of methoxy groups -OCH3 is 1. The number of benzene rings is 1. The number of carbonyl (C=O) groups excluding carboxylic acids is 1. The second-order valence-electron chi connectivity index (χ2n) is 4.26. The standard InChI is InChI=1S/C12H15N3O2S/c1-12(13,10(16)17-2)7-18-11-14-8-5-3-4-6-9(8)15-11/h3-6H,7,13H2,1-2H3,(H,14,15). The van der Waals surface area contributed by atoms with Gasteiger partial charge in [0.2, 0.25) is 0 Å². The average molecular weight is 265 g/mol. The predicted octanol–water partition coefficient (Wildman–Crippen LogP) is 1.55. The molecule has 5 nitrogen and oxygen atoms in total. The molecule has 1 aromatic heterocycles. The van der Waals surface area contributed by atoms with Crippen LogP contribution in [0.2, 0.25) is 0 Å². The van der Waals surface area contributed by atoms with E-state index in [0.29, 0.717) is 5.75 Å². The van der Waals surface area contributed by atoms with Crippen LogP contribution in [0.15, 0.2) is 29.4 Å². The maximum atomic E-state index is 11.4. The van der Waals surface area contributed by atoms with Crippen LogP contribution in [0.3, 0.4) is 0 Å². The van der Waals surface area contributed by atoms with E-state index in [2.05, 4.69) is 14.7 Å². The zero-order valence-corrected chi connectivity index (χ0v) is 11.1. The molecule has 0 radical (unpaired) electrons. The minimum absolute atomic E-state index is 0.402. The Morgan fingerprint density at radius 3 is 2.94 bits per heavy atom. The van der Waals surface area contributed by atoms with Gasteiger partial charge in [0.15, 0.2) is 5.16 Å². The smallest absolute Gasteiger partial charge is 0.326 e. The van der Waals surface area contributed by atoms with E-state index in [-0.39, 0.29) is 0 Å². The number of thioether (sulfide) groups is 1. The molecule has 1 heterocycles. The molecule has 3 N–H and O–H groups in total. The van der Waals surface area contributed by atoms with Crippen molar-refractivity contribution in [2.45, 2.75) is 17.6 Å². The Bertz CT molecular complexity index is 532. The van der Waals surface area contributed by atoms with Crippen molar-refractivity contribution in [3.05, 3.63) is 24.3 Å². The number of nitrogens with one attached hydrogen (secondary N) is 1. The normalized spacial score (nSPS) is 14.4. The van der Waals surface area contributed by atoms with Gasteiger partial charge in [0.25, 0.3) is 0 Å². The first-order chi connectivity index (χ1) is 8.53. The van der Waals surface area contributed by atoms with E-state index in [1.807, 2.05) is 24.3 Å². The molecule has 0 amide bonds. The second kappa shape index (κ2) is 4.99. The Balaban J connectivity index is 2.08. The molecule has 0 fully saturated rings. The number of para-hydroxylation sites is 2. The lowest BCUT2D eigenvalue weighted by Crippen LogP contribution is -2.48. The first-order valence-electron chi connectivity index (χ1n) is 5.48. The van der Waals surface area contributed by atoms with Gasteiger partial charge in [-0.2, -0.15) is 0 Å². The number of hydrogen-bond donors (Lipinski definition) is 2. The molecule has 0 aliphatic carbocycles. The molecule has 0 spiro atoms. The van der Waals surface area contributed by atoms with Crippen molar-refractivity contribution in [1.82, 2.24) is 9.97 Å². The van der Waals surface area contributed by atoms with Gasteiger partial charge in [-0.25, -0.2) is 4.98 Å². The summed E-state index contributed by atoms with van der Waals surface area (Å²) in [6, 6.07) is 7.75. The summed E-state index contributed by atoms with van der Waals surface area (Å²) in [7, 11) is 1.33. The Morgan fingerprint density at radius 2 is 2.28 bits per heavy atom. The quantitative estimate of drug-likeness (QED) is 0.647. The molecule has 2 aromatic rings. The van der Waals surface area contributed by atoms with Crippen LogP contribution in [0.5, 0.6) is 0 Å². The number of nitrogens with two attached hydrogens (primary N) is 1. The number of fused-ring (bicyclic) bond motifs is 1. The highest BCUT2D eigenvalue weighted by Crippen LogP contribution is 2.22. The Kier molecular flexibility index (Phi) is 3.58. The zero-order chi connectivity index (χ0) is 13.2. The van der Waals surface area contributed by atoms with Gasteiger partial charge in [-0.05, 0) is 19.1 Å². The number of aromatic amines is 1. The van der Waals surface area contributed by atoms with E-state index in [4.69, 9.17) is 5.73 Å². The number of rotatable bonds is 4. The maximum Gasteiger partial charge on any atom is 0.326 e. The highest BCUT2D eigenvalue weighted by Gasteiger charge is 2.29. The van der Waals surface area contributed by atoms with Gasteiger partial charge in [0.1, 0.15) is 5.54 Å². The molecule has 1 atom stereocenters. The Morgan fingerprint density at radius 1 is 1.56 bits per heavy atom. The zero-order valence-electron chi connectivity index (χ0n) is 10.3. The molecule has 2 rings (SSSR count). The predicted molar refractivity (Wildman–Crippen MR) is 71.4 cm³/mol. The van der Waals surface area contributed by atoms with E-state index < -0.39 is 11.5 Å². The number of H-pyrrole nitrogens is 1. The molecule has 0 saturated heterocycles. The van der Waals surface area contributed by atoms with Gasteiger partial charge in [-0.1, -0.05) is 23.9 Å². The second-order valence-corrected chi connectivity index (χ2v) is 5.22. The fourth-order valence-corrected chi connectivity index (χ4v) is 2.41. The lowest BCUT2D eigenvalue weighted by Gasteiger charge is -2.19. The van der Waals surface area contributed by atoms with Crippen LogP contribution in [0.1, 0.15) is 6.92 Å². The summed E-state index contributed by atoms with van der Waals surface area (Å²) in [4.78, 5) is 19.0. The third-order valence-electron chi connectivity index (χ3n) is 2.53. The molecule has 1 aromatic carbocycles. The topological polar surface area (TPSA) is 81.0 Å². The summed E-state index contributed by atoms with van der Waals surface area (Å²) in [5.74, 6) is -0.0226. The minimum atomic E-state index is -1.02. The summed E-state index contributed by atoms with van der Waals surface area (Å²) in [5, 5.41) is 0.747. The number of aromatic nitrogens is 2. The van der Waals surface area contributed by atoms with E-state index in [9.17, 15) is 4.79 Å². The third kappa shape index (κ3) is 2.65. The highest BCUT2D eigenvalue weighted by molar-refractivity contribution is 7.99. The van der Waals surface area contributed by atoms with Gasteiger partial charge < -0.3 is 15.5 Å². The highest BCUT2D eigenvalue weighted by atomic mass is 32.2. The minimum Gasteiger partial charge on any atom is -0.468 e. The van der Waals surface area contributed by atoms with E-state index in [1.165, 1.54) is 18.9 Å². The summed E-state index contributed by atoms with van der Waals surface area (Å²) >= 11 is 1.40. The number of ether oxygens (including phenoxy) is 1. The maximum absolute atomic E-state index is 11.4. The summed E-state index contributed by atoms with van der Waals surface area (Å²) in [6.07, 6.45) is 0. The van der Waals surface area contributed by atoms with Crippen molar-refractivity contribution < 1.29 is 9.53 Å². The van der Waals surface area contributed by atoms with E-state index >= 15 is 0 Å². The SMILES string of the molecule is COC(=O)C(C)(N)CSc1nc2ccccc2[nH]1. The third-order valence-corrected chi connectivity index (χ3v) is 3.74. The summed E-state index contributed by atoms with van der Waals surface area (Å²) in [5.41, 5.74) is 6.73. The lowest BCUT2D eigenvalue weighted by atomic mass is 10.1. The summed E-state index contributed by atoms with van der Waals surface area (Å²) in [6.45, 7) is 1.65. The van der Waals surface area contributed by atoms with Crippen LogP contribution < -0.4 is 5.73 Å². The Labute approximate surface area is 109 Å². The van der Waals surface area contributed by atoms with Crippen molar-refractivity contribution >= 4 is 28.8 Å². The lowest BCUT2D eigenvalue weighted by molar-refractivity contribution is -0.145. The number of nitrogens with zero attached hydrogens (tertiary/aromatic N) is 1. The molecular formula is C12H15N3O2S. The van der Waals surface area contributed by atoms with Crippen molar-refractivity contribution in [2.75, 3.05) is 12.9 Å². The largest absolute Gasteiger partial charge is 0.468 e. The fourth-order valence-electron chi connectivity index (χ4n) is 1.51. The van der Waals surface area contributed by atoms with Gasteiger partial charge in [-0.15, -0.1) is 0 Å². The number of hydrogen-bond acceptors (Lipinski definition) is 5. The molecule has 6 heteroatoms. The molecule has 96 valence electrons. The average Bonchev–Trinajstić information content (AvgIpc) is 2.78. The molecule has 1 unspecified atom stereocenters. The number of carbonyl (C=O) groups is 1. The van der Waals surface area contributed by atoms with Crippen molar-refractivity contribution in [2.24, 2.45) is 5.73 Å². The van der Waals surface area contributed by atoms with Crippen LogP contribution in [0, 0.1) is 0 Å².